The van der Waals surface area contributed by atoms with Gasteiger partial charge >= 0.3 is 0 Å². The molecule has 6 aromatic rings. The first-order valence-corrected chi connectivity index (χ1v) is 17.5. The van der Waals surface area contributed by atoms with E-state index in [1.54, 1.807) is 6.07 Å². The number of hydrogen-bond donors (Lipinski definition) is 3. The van der Waals surface area contributed by atoms with Crippen LogP contribution in [0.15, 0.2) is 164 Å². The lowest BCUT2D eigenvalue weighted by Gasteiger charge is -2.37. The molecule has 0 radical (unpaired) electrons. The summed E-state index contributed by atoms with van der Waals surface area (Å²) < 4.78 is 13.8. The van der Waals surface area contributed by atoms with Crippen LogP contribution in [0.2, 0.25) is 0 Å². The molecule has 6 aromatic carbocycles. The zero-order valence-electron chi connectivity index (χ0n) is 28.6. The van der Waals surface area contributed by atoms with Gasteiger partial charge in [0.2, 0.25) is 0 Å². The number of halogens is 1. The third kappa shape index (κ3) is 6.47. The molecule has 1 atom stereocenters. The summed E-state index contributed by atoms with van der Waals surface area (Å²) in [7, 11) is 0. The van der Waals surface area contributed by atoms with E-state index < -0.39 is 0 Å². The Morgan fingerprint density at radius 1 is 0.784 bits per heavy atom. The van der Waals surface area contributed by atoms with E-state index in [0.717, 1.165) is 74.6 Å². The van der Waals surface area contributed by atoms with Crippen molar-refractivity contribution in [1.82, 2.24) is 0 Å². The molecule has 8 rings (SSSR count). The van der Waals surface area contributed by atoms with Crippen LogP contribution in [0.1, 0.15) is 42.9 Å². The Morgan fingerprint density at radius 2 is 1.51 bits per heavy atom. The van der Waals surface area contributed by atoms with Crippen LogP contribution < -0.4 is 15.5 Å². The van der Waals surface area contributed by atoms with Crippen molar-refractivity contribution in [3.05, 3.63) is 186 Å². The molecule has 1 unspecified atom stereocenters. The third-order valence-electron chi connectivity index (χ3n) is 10.1. The summed E-state index contributed by atoms with van der Waals surface area (Å²) in [6.45, 7) is 6.55. The quantitative estimate of drug-likeness (QED) is 0.149. The zero-order chi connectivity index (χ0) is 34.9. The van der Waals surface area contributed by atoms with Crippen molar-refractivity contribution in [2.45, 2.75) is 32.2 Å². The van der Waals surface area contributed by atoms with Crippen LogP contribution in [0.5, 0.6) is 0 Å². The van der Waals surface area contributed by atoms with Crippen molar-refractivity contribution in [2.75, 3.05) is 15.5 Å². The number of rotatable bonds is 7. The number of para-hydroxylation sites is 1. The number of fused-ring (bicyclic) bond motifs is 3. The van der Waals surface area contributed by atoms with Crippen LogP contribution >= 0.6 is 0 Å². The van der Waals surface area contributed by atoms with Crippen LogP contribution in [-0.4, -0.2) is 11.8 Å². The van der Waals surface area contributed by atoms with Crippen LogP contribution in [0.4, 0.5) is 27.1 Å². The number of anilines is 4. The highest BCUT2D eigenvalue weighted by molar-refractivity contribution is 6.19. The van der Waals surface area contributed by atoms with Crippen LogP contribution in [0.3, 0.4) is 0 Å². The van der Waals surface area contributed by atoms with Gasteiger partial charge < -0.3 is 15.5 Å². The average molecular weight is 667 g/mol. The summed E-state index contributed by atoms with van der Waals surface area (Å²) in [5.41, 5.74) is 10.9. The van der Waals surface area contributed by atoms with Gasteiger partial charge in [0, 0.05) is 63.5 Å². The summed E-state index contributed by atoms with van der Waals surface area (Å²) in [5, 5.41) is 20.6. The fraction of sp³-hybridized carbons (Fsp3) is 0.109. The largest absolute Gasteiger partial charge is 0.359 e. The molecule has 51 heavy (non-hydrogen) atoms. The molecule has 0 fully saturated rings. The summed E-state index contributed by atoms with van der Waals surface area (Å²) in [5.74, 6) is -0.265. The van der Waals surface area contributed by atoms with Crippen LogP contribution in [0.25, 0.3) is 27.1 Å². The smallest absolute Gasteiger partial charge is 0.123 e. The molecule has 3 N–H and O–H groups in total. The minimum Gasteiger partial charge on any atom is -0.359 e. The molecule has 0 saturated carbocycles. The van der Waals surface area contributed by atoms with Crippen LogP contribution in [0, 0.1) is 11.2 Å². The Bertz CT molecular complexity index is 2420. The topological polar surface area (TPSA) is 51.1 Å². The number of hydrogen-bond acceptors (Lipinski definition) is 4. The average Bonchev–Trinajstić information content (AvgIpc) is 3.15. The first kappa shape index (κ1) is 32.0. The molecule has 0 spiro atoms. The summed E-state index contributed by atoms with van der Waals surface area (Å²) in [6, 6.07) is 40.1. The van der Waals surface area contributed by atoms with Gasteiger partial charge in [0.05, 0.1) is 11.4 Å². The van der Waals surface area contributed by atoms with Gasteiger partial charge in [-0.2, -0.15) is 0 Å². The van der Waals surface area contributed by atoms with E-state index in [1.165, 1.54) is 34.7 Å². The highest BCUT2D eigenvalue weighted by atomic mass is 19.1. The van der Waals surface area contributed by atoms with Gasteiger partial charge in [-0.05, 0) is 96.1 Å². The van der Waals surface area contributed by atoms with E-state index in [0.29, 0.717) is 11.8 Å². The van der Waals surface area contributed by atoms with E-state index in [4.69, 9.17) is 0 Å². The number of benzene rings is 6. The highest BCUT2D eigenvalue weighted by Crippen LogP contribution is 2.37. The monoisotopic (exact) mass is 666 g/mol. The van der Waals surface area contributed by atoms with Gasteiger partial charge in [-0.3, -0.25) is 5.41 Å². The molecule has 4 nitrogen and oxygen atoms in total. The molecule has 0 bridgehead atoms. The second-order valence-corrected chi connectivity index (χ2v) is 13.4. The Labute approximate surface area is 298 Å². The van der Waals surface area contributed by atoms with Gasteiger partial charge in [-0.1, -0.05) is 97.1 Å². The number of allylic oxidation sites excluding steroid dienone is 5. The Balaban J connectivity index is 1.04. The minimum atomic E-state index is -0.265. The minimum absolute atomic E-state index is 0.265. The lowest BCUT2D eigenvalue weighted by Crippen LogP contribution is -2.35. The maximum Gasteiger partial charge on any atom is 0.123 e. The maximum atomic E-state index is 13.8. The third-order valence-corrected chi connectivity index (χ3v) is 10.1. The van der Waals surface area contributed by atoms with Crippen molar-refractivity contribution in [3.8, 4) is 0 Å². The SMILES string of the molecule is C=C1/C=C\C=C/N(C2CCC(C)=C(Nc3ccc(Nc4c(C(=N)c5ccc6cc(F)ccc6c5)ccc5ccccc45)cc3)C2)c2ccccc21. The molecule has 1 heterocycles. The Morgan fingerprint density at radius 3 is 2.37 bits per heavy atom. The van der Waals surface area contributed by atoms with Crippen molar-refractivity contribution < 1.29 is 4.39 Å². The summed E-state index contributed by atoms with van der Waals surface area (Å²) >= 11 is 0. The summed E-state index contributed by atoms with van der Waals surface area (Å²) in [4.78, 5) is 2.42. The molecule has 1 aliphatic carbocycles. The normalized spacial score (nSPS) is 17.1. The summed E-state index contributed by atoms with van der Waals surface area (Å²) in [6.07, 6.45) is 11.5. The first-order chi connectivity index (χ1) is 24.9. The predicted molar refractivity (Wildman–Crippen MR) is 214 cm³/mol. The molecular weight excluding hydrogens is 628 g/mol. The molecule has 250 valence electrons. The molecule has 0 amide bonds. The zero-order valence-corrected chi connectivity index (χ0v) is 28.6. The molecular formula is C46H39FN4. The first-order valence-electron chi connectivity index (χ1n) is 17.5. The predicted octanol–water partition coefficient (Wildman–Crippen LogP) is 12.1. The fourth-order valence-corrected chi connectivity index (χ4v) is 7.31. The van der Waals surface area contributed by atoms with Crippen molar-refractivity contribution in [3.63, 3.8) is 0 Å². The molecule has 2 aliphatic rings. The number of nitrogens with one attached hydrogen (secondary N) is 3. The van der Waals surface area contributed by atoms with Gasteiger partial charge in [-0.15, -0.1) is 0 Å². The Kier molecular flexibility index (Phi) is 8.54. The van der Waals surface area contributed by atoms with Gasteiger partial charge in [0.15, 0.2) is 0 Å². The standard InChI is InChI=1S/C46H39FN4/c1-30-9-7-8-26-51(44-13-6-5-11-40(30)44)39-24-14-31(2)43(29-39)49-37-20-22-38(23-21-37)50-46-41-12-4-3-10-32(41)18-25-42(46)45(48)35-16-15-34-28-36(47)19-17-33(34)27-35/h3-13,15-23,25-28,39,48-50H,1,14,24,29H2,2H3/b9-7-,26-8-,48-45?. The van der Waals surface area contributed by atoms with E-state index in [-0.39, 0.29) is 5.82 Å². The van der Waals surface area contributed by atoms with E-state index in [9.17, 15) is 9.80 Å². The van der Waals surface area contributed by atoms with Gasteiger partial charge in [0.25, 0.3) is 0 Å². The molecule has 0 saturated heterocycles. The lowest BCUT2D eigenvalue weighted by molar-refractivity contribution is 0.555. The van der Waals surface area contributed by atoms with E-state index >= 15 is 0 Å². The maximum absolute atomic E-state index is 13.8. The van der Waals surface area contributed by atoms with Gasteiger partial charge in [0.1, 0.15) is 5.82 Å². The lowest BCUT2D eigenvalue weighted by atomic mass is 9.90. The molecule has 5 heteroatoms. The Hall–Kier alpha value is -6.20. The van der Waals surface area contributed by atoms with E-state index in [2.05, 4.69) is 120 Å². The van der Waals surface area contributed by atoms with Crippen molar-refractivity contribution in [1.29, 1.82) is 5.41 Å². The molecule has 0 aromatic heterocycles. The van der Waals surface area contributed by atoms with Crippen molar-refractivity contribution >= 4 is 55.6 Å². The second-order valence-electron chi connectivity index (χ2n) is 13.4. The molecule has 1 aliphatic heterocycles. The van der Waals surface area contributed by atoms with Crippen LogP contribution in [-0.2, 0) is 0 Å². The second kappa shape index (κ2) is 13.6. The fourth-order valence-electron chi connectivity index (χ4n) is 7.31. The van der Waals surface area contributed by atoms with Crippen molar-refractivity contribution in [2.24, 2.45) is 0 Å². The highest BCUT2D eigenvalue weighted by Gasteiger charge is 2.26. The van der Waals surface area contributed by atoms with E-state index in [1.807, 2.05) is 36.4 Å². The number of nitrogens with zero attached hydrogens (tertiary/aromatic N) is 1. The van der Waals surface area contributed by atoms with Gasteiger partial charge in [-0.25, -0.2) is 4.39 Å².